The van der Waals surface area contributed by atoms with E-state index < -0.39 is 15.9 Å². The van der Waals surface area contributed by atoms with Gasteiger partial charge in [-0.05, 0) is 42.5 Å². The van der Waals surface area contributed by atoms with Gasteiger partial charge in [0, 0.05) is 22.8 Å². The van der Waals surface area contributed by atoms with Gasteiger partial charge in [0.15, 0.2) is 0 Å². The second-order valence-corrected chi connectivity index (χ2v) is 6.66. The maximum absolute atomic E-state index is 12.5. The van der Waals surface area contributed by atoms with E-state index in [1.165, 1.54) is 41.9 Å². The zero-order valence-electron chi connectivity index (χ0n) is 12.3. The Labute approximate surface area is 138 Å². The second-order valence-electron chi connectivity index (χ2n) is 4.98. The van der Waals surface area contributed by atoms with Gasteiger partial charge in [-0.15, -0.1) is 0 Å². The Morgan fingerprint density at radius 3 is 2.50 bits per heavy atom. The van der Waals surface area contributed by atoms with Crippen LogP contribution in [-0.4, -0.2) is 24.5 Å². The third kappa shape index (κ3) is 3.19. The van der Waals surface area contributed by atoms with Gasteiger partial charge < -0.3 is 0 Å². The van der Waals surface area contributed by atoms with Crippen molar-refractivity contribution in [3.8, 4) is 0 Å². The maximum Gasteiger partial charge on any atom is 0.274 e. The molecule has 7 nitrogen and oxygen atoms in total. The molecule has 0 radical (unpaired) electrons. The molecule has 3 aromatic rings. The van der Waals surface area contributed by atoms with Crippen molar-refractivity contribution < 1.29 is 18.4 Å². The number of rotatable bonds is 4. The van der Waals surface area contributed by atoms with Gasteiger partial charge in [0.05, 0.1) is 10.4 Å². The minimum absolute atomic E-state index is 0.0888. The molecule has 0 unspecified atom stereocenters. The van der Waals surface area contributed by atoms with Crippen LogP contribution in [0.4, 0.5) is 5.69 Å². The minimum atomic E-state index is -3.78. The lowest BCUT2D eigenvalue weighted by atomic mass is 10.2. The summed E-state index contributed by atoms with van der Waals surface area (Å²) in [6, 6.07) is 14.0. The average Bonchev–Trinajstić information content (AvgIpc) is 2.61. The molecule has 8 heteroatoms. The normalized spacial score (nSPS) is 11.2. The van der Waals surface area contributed by atoms with E-state index in [9.17, 15) is 13.2 Å². The molecule has 2 aromatic carbocycles. The van der Waals surface area contributed by atoms with Crippen LogP contribution in [0.5, 0.6) is 0 Å². The molecule has 0 saturated carbocycles. The lowest BCUT2D eigenvalue weighted by Gasteiger charge is -2.09. The summed E-state index contributed by atoms with van der Waals surface area (Å²) in [7, 11) is -3.78. The number of benzene rings is 2. The molecule has 0 fully saturated rings. The minimum Gasteiger partial charge on any atom is -0.288 e. The number of sulfonamides is 1. The predicted molar refractivity (Wildman–Crippen MR) is 88.2 cm³/mol. The van der Waals surface area contributed by atoms with Crippen LogP contribution in [0.1, 0.15) is 10.4 Å². The van der Waals surface area contributed by atoms with Crippen LogP contribution in [0, 0.1) is 0 Å². The van der Waals surface area contributed by atoms with Crippen molar-refractivity contribution in [3.05, 3.63) is 66.4 Å². The largest absolute Gasteiger partial charge is 0.288 e. The summed E-state index contributed by atoms with van der Waals surface area (Å²) in [6.07, 6.45) is 1.59. The van der Waals surface area contributed by atoms with Gasteiger partial charge in [-0.2, -0.15) is 0 Å². The van der Waals surface area contributed by atoms with Crippen LogP contribution in [0.3, 0.4) is 0 Å². The molecule has 122 valence electrons. The van der Waals surface area contributed by atoms with Crippen LogP contribution in [0.15, 0.2) is 65.7 Å². The van der Waals surface area contributed by atoms with Crippen molar-refractivity contribution in [1.29, 1.82) is 0 Å². The Morgan fingerprint density at radius 1 is 1.04 bits per heavy atom. The first-order chi connectivity index (χ1) is 11.5. The molecule has 0 aliphatic heterocycles. The monoisotopic (exact) mass is 343 g/mol. The quantitative estimate of drug-likeness (QED) is 0.497. The lowest BCUT2D eigenvalue weighted by Crippen LogP contribution is -2.18. The summed E-state index contributed by atoms with van der Waals surface area (Å²) >= 11 is 0. The first-order valence-corrected chi connectivity index (χ1v) is 8.40. The fourth-order valence-corrected chi connectivity index (χ4v) is 3.26. The fourth-order valence-electron chi connectivity index (χ4n) is 2.18. The number of nitrogens with zero attached hydrogens (tertiary/aromatic N) is 1. The van der Waals surface area contributed by atoms with Crippen molar-refractivity contribution in [1.82, 2.24) is 10.5 Å². The number of fused-ring (bicyclic) bond motifs is 1. The zero-order chi connectivity index (χ0) is 17.2. The Hall–Kier alpha value is -2.97. The highest BCUT2D eigenvalue weighted by Gasteiger charge is 2.15. The third-order valence-corrected chi connectivity index (χ3v) is 4.77. The molecule has 0 saturated heterocycles. The molecule has 1 heterocycles. The van der Waals surface area contributed by atoms with E-state index in [-0.39, 0.29) is 10.5 Å². The van der Waals surface area contributed by atoms with Gasteiger partial charge in [0.2, 0.25) is 0 Å². The number of carbonyl (C=O) groups is 1. The maximum atomic E-state index is 12.5. The van der Waals surface area contributed by atoms with E-state index in [1.54, 1.807) is 18.3 Å². The number of nitrogens with one attached hydrogen (secondary N) is 2. The summed E-state index contributed by atoms with van der Waals surface area (Å²) < 4.78 is 27.4. The smallest absolute Gasteiger partial charge is 0.274 e. The van der Waals surface area contributed by atoms with Gasteiger partial charge in [0.25, 0.3) is 15.9 Å². The third-order valence-electron chi connectivity index (χ3n) is 3.39. The van der Waals surface area contributed by atoms with E-state index in [0.717, 1.165) is 5.39 Å². The number of amides is 1. The van der Waals surface area contributed by atoms with E-state index in [2.05, 4.69) is 9.71 Å². The summed E-state index contributed by atoms with van der Waals surface area (Å²) in [6.45, 7) is 0. The Kier molecular flexibility index (Phi) is 4.15. The standard InChI is InChI=1S/C16H13N3O4S/c20-16(18-21)12-3-6-13(7-4-12)19-24(22,23)14-8-5-11-2-1-9-17-15(11)10-14/h1-10,19,21H,(H,18,20). The van der Waals surface area contributed by atoms with E-state index in [1.807, 2.05) is 6.07 Å². The fraction of sp³-hybridized carbons (Fsp3) is 0. The number of carbonyl (C=O) groups excluding carboxylic acids is 1. The molecule has 0 bridgehead atoms. The first-order valence-electron chi connectivity index (χ1n) is 6.92. The first kappa shape index (κ1) is 15.9. The lowest BCUT2D eigenvalue weighted by molar-refractivity contribution is 0.0706. The summed E-state index contributed by atoms with van der Waals surface area (Å²) in [5, 5.41) is 9.41. The molecule has 0 spiro atoms. The van der Waals surface area contributed by atoms with Crippen molar-refractivity contribution in [2.75, 3.05) is 4.72 Å². The van der Waals surface area contributed by atoms with E-state index in [4.69, 9.17) is 5.21 Å². The molecule has 0 aliphatic carbocycles. The van der Waals surface area contributed by atoms with Crippen LogP contribution < -0.4 is 10.2 Å². The highest BCUT2D eigenvalue weighted by atomic mass is 32.2. The Morgan fingerprint density at radius 2 is 1.79 bits per heavy atom. The molecule has 3 N–H and O–H groups in total. The predicted octanol–water partition coefficient (Wildman–Crippen LogP) is 2.15. The molecule has 3 rings (SSSR count). The molecule has 0 atom stereocenters. The van der Waals surface area contributed by atoms with Crippen LogP contribution in [0.2, 0.25) is 0 Å². The molecule has 1 amide bonds. The highest BCUT2D eigenvalue weighted by molar-refractivity contribution is 7.92. The molecule has 24 heavy (non-hydrogen) atoms. The second kappa shape index (κ2) is 6.26. The van der Waals surface area contributed by atoms with Gasteiger partial charge in [0.1, 0.15) is 0 Å². The SMILES string of the molecule is O=C(NO)c1ccc(NS(=O)(=O)c2ccc3cccnc3c2)cc1. The van der Waals surface area contributed by atoms with Gasteiger partial charge >= 0.3 is 0 Å². The van der Waals surface area contributed by atoms with Crippen LogP contribution in [-0.2, 0) is 10.0 Å². The van der Waals surface area contributed by atoms with Gasteiger partial charge in [-0.25, -0.2) is 13.9 Å². The summed E-state index contributed by atoms with van der Waals surface area (Å²) in [5.41, 5.74) is 2.59. The zero-order valence-corrected chi connectivity index (χ0v) is 13.1. The van der Waals surface area contributed by atoms with Crippen LogP contribution in [0.25, 0.3) is 10.9 Å². The van der Waals surface area contributed by atoms with Crippen molar-refractivity contribution in [2.24, 2.45) is 0 Å². The summed E-state index contributed by atoms with van der Waals surface area (Å²) in [4.78, 5) is 15.5. The van der Waals surface area contributed by atoms with Crippen LogP contribution >= 0.6 is 0 Å². The summed E-state index contributed by atoms with van der Waals surface area (Å²) in [5.74, 6) is -0.676. The van der Waals surface area contributed by atoms with Gasteiger partial charge in [-0.3, -0.25) is 19.7 Å². The van der Waals surface area contributed by atoms with E-state index in [0.29, 0.717) is 11.2 Å². The van der Waals surface area contributed by atoms with E-state index >= 15 is 0 Å². The number of hydrogen-bond donors (Lipinski definition) is 3. The number of aromatic nitrogens is 1. The number of hydroxylamine groups is 1. The highest BCUT2D eigenvalue weighted by Crippen LogP contribution is 2.20. The molecule has 1 aromatic heterocycles. The number of hydrogen-bond acceptors (Lipinski definition) is 5. The van der Waals surface area contributed by atoms with Gasteiger partial charge in [-0.1, -0.05) is 12.1 Å². The molecular weight excluding hydrogens is 330 g/mol. The molecule has 0 aliphatic rings. The topological polar surface area (TPSA) is 108 Å². The van der Waals surface area contributed by atoms with Crippen molar-refractivity contribution >= 4 is 32.5 Å². The Bertz CT molecular complexity index is 1000. The number of anilines is 1. The Balaban J connectivity index is 1.88. The van der Waals surface area contributed by atoms with Crippen molar-refractivity contribution in [2.45, 2.75) is 4.90 Å². The van der Waals surface area contributed by atoms with Crippen molar-refractivity contribution in [3.63, 3.8) is 0 Å². The average molecular weight is 343 g/mol. The number of pyridine rings is 1. The molecular formula is C16H13N3O4S.